The molecule has 0 bridgehead atoms. The second-order valence-corrected chi connectivity index (χ2v) is 6.38. The molecule has 3 nitrogen and oxygen atoms in total. The lowest BCUT2D eigenvalue weighted by Crippen LogP contribution is -2.44. The zero-order valence-corrected chi connectivity index (χ0v) is 14.6. The highest BCUT2D eigenvalue weighted by molar-refractivity contribution is 5.81. The van der Waals surface area contributed by atoms with Crippen molar-refractivity contribution < 1.29 is 4.79 Å². The molecule has 2 atom stereocenters. The van der Waals surface area contributed by atoms with Crippen LogP contribution in [-0.2, 0) is 4.79 Å². The molecule has 0 aromatic heterocycles. The summed E-state index contributed by atoms with van der Waals surface area (Å²) in [6.45, 7) is 7.14. The standard InChI is InChI=1S/C18H38N2O/c1-4-6-7-8-9-10-11-12-13-14-15-20-18(21)17(19)16(3)5-2/h16-17H,4-15,19H2,1-3H3,(H,20,21)/t16?,17-/m0/s1. The van der Waals surface area contributed by atoms with E-state index in [2.05, 4.69) is 19.2 Å². The molecule has 0 rings (SSSR count). The SMILES string of the molecule is CCCCCCCCCCCCNC(=O)[C@@H](N)C(C)CC. The van der Waals surface area contributed by atoms with Gasteiger partial charge in [-0.2, -0.15) is 0 Å². The van der Waals surface area contributed by atoms with E-state index in [9.17, 15) is 4.79 Å². The lowest BCUT2D eigenvalue weighted by atomic mass is 9.99. The average molecular weight is 299 g/mol. The molecule has 3 N–H and O–H groups in total. The van der Waals surface area contributed by atoms with E-state index in [4.69, 9.17) is 5.73 Å². The van der Waals surface area contributed by atoms with Crippen molar-refractivity contribution in [2.45, 2.75) is 97.4 Å². The summed E-state index contributed by atoms with van der Waals surface area (Å²) >= 11 is 0. The van der Waals surface area contributed by atoms with Crippen LogP contribution in [-0.4, -0.2) is 18.5 Å². The summed E-state index contributed by atoms with van der Waals surface area (Å²) in [7, 11) is 0. The van der Waals surface area contributed by atoms with Gasteiger partial charge in [0.2, 0.25) is 5.91 Å². The molecule has 0 spiro atoms. The fraction of sp³-hybridized carbons (Fsp3) is 0.944. The van der Waals surface area contributed by atoms with Crippen LogP contribution in [0.4, 0.5) is 0 Å². The van der Waals surface area contributed by atoms with Crippen LogP contribution in [0.15, 0.2) is 0 Å². The van der Waals surface area contributed by atoms with Gasteiger partial charge in [-0.1, -0.05) is 85.0 Å². The first-order valence-corrected chi connectivity index (χ1v) is 9.16. The molecule has 126 valence electrons. The van der Waals surface area contributed by atoms with E-state index >= 15 is 0 Å². The van der Waals surface area contributed by atoms with Crippen molar-refractivity contribution in [1.29, 1.82) is 0 Å². The minimum absolute atomic E-state index is 0.0141. The summed E-state index contributed by atoms with van der Waals surface area (Å²) in [6.07, 6.45) is 14.2. The van der Waals surface area contributed by atoms with Crippen LogP contribution in [0.25, 0.3) is 0 Å². The number of hydrogen-bond donors (Lipinski definition) is 2. The normalized spacial score (nSPS) is 13.9. The van der Waals surface area contributed by atoms with Crippen LogP contribution in [0.1, 0.15) is 91.4 Å². The zero-order chi connectivity index (χ0) is 15.9. The highest BCUT2D eigenvalue weighted by Crippen LogP contribution is 2.10. The Morgan fingerprint density at radius 3 is 1.86 bits per heavy atom. The Bertz CT molecular complexity index is 243. The van der Waals surface area contributed by atoms with E-state index in [0.29, 0.717) is 0 Å². The van der Waals surface area contributed by atoms with Crippen molar-refractivity contribution >= 4 is 5.91 Å². The fourth-order valence-electron chi connectivity index (χ4n) is 2.45. The molecule has 0 radical (unpaired) electrons. The molecule has 0 aliphatic heterocycles. The van der Waals surface area contributed by atoms with Crippen LogP contribution in [0.2, 0.25) is 0 Å². The second-order valence-electron chi connectivity index (χ2n) is 6.38. The molecule has 0 saturated carbocycles. The summed E-state index contributed by atoms with van der Waals surface area (Å²) in [4.78, 5) is 11.8. The van der Waals surface area contributed by atoms with Crippen molar-refractivity contribution in [2.75, 3.05) is 6.54 Å². The van der Waals surface area contributed by atoms with Gasteiger partial charge in [-0.15, -0.1) is 0 Å². The molecular weight excluding hydrogens is 260 g/mol. The summed E-state index contributed by atoms with van der Waals surface area (Å²) < 4.78 is 0. The van der Waals surface area contributed by atoms with Crippen LogP contribution < -0.4 is 11.1 Å². The third-order valence-corrected chi connectivity index (χ3v) is 4.39. The van der Waals surface area contributed by atoms with Gasteiger partial charge in [0, 0.05) is 6.54 Å². The average Bonchev–Trinajstić information content (AvgIpc) is 2.50. The Morgan fingerprint density at radius 1 is 0.905 bits per heavy atom. The first kappa shape index (κ1) is 20.4. The molecule has 0 fully saturated rings. The smallest absolute Gasteiger partial charge is 0.237 e. The van der Waals surface area contributed by atoms with Crippen molar-refractivity contribution in [3.8, 4) is 0 Å². The lowest BCUT2D eigenvalue weighted by Gasteiger charge is -2.17. The minimum Gasteiger partial charge on any atom is -0.355 e. The molecule has 0 heterocycles. The van der Waals surface area contributed by atoms with E-state index in [1.54, 1.807) is 0 Å². The summed E-state index contributed by atoms with van der Waals surface area (Å²) in [6, 6.07) is -0.349. The molecule has 21 heavy (non-hydrogen) atoms. The van der Waals surface area contributed by atoms with Crippen molar-refractivity contribution in [3.63, 3.8) is 0 Å². The Hall–Kier alpha value is -0.570. The van der Waals surface area contributed by atoms with Gasteiger partial charge >= 0.3 is 0 Å². The molecule has 0 aromatic rings. The zero-order valence-electron chi connectivity index (χ0n) is 14.6. The van der Waals surface area contributed by atoms with Gasteiger partial charge in [0.25, 0.3) is 0 Å². The van der Waals surface area contributed by atoms with Crippen LogP contribution in [0.5, 0.6) is 0 Å². The number of carbonyl (C=O) groups excluding carboxylic acids is 1. The van der Waals surface area contributed by atoms with Gasteiger partial charge in [0.15, 0.2) is 0 Å². The maximum atomic E-state index is 11.8. The molecule has 1 amide bonds. The number of rotatable bonds is 14. The minimum atomic E-state index is -0.349. The van der Waals surface area contributed by atoms with Crippen molar-refractivity contribution in [1.82, 2.24) is 5.32 Å². The summed E-state index contributed by atoms with van der Waals surface area (Å²) in [5.74, 6) is 0.276. The van der Waals surface area contributed by atoms with Gasteiger partial charge in [-0.05, 0) is 12.3 Å². The topological polar surface area (TPSA) is 55.1 Å². The Labute approximate surface area is 132 Å². The predicted molar refractivity (Wildman–Crippen MR) is 92.3 cm³/mol. The third kappa shape index (κ3) is 11.7. The molecule has 1 unspecified atom stereocenters. The van der Waals surface area contributed by atoms with Gasteiger partial charge in [0.05, 0.1) is 6.04 Å². The van der Waals surface area contributed by atoms with E-state index in [1.165, 1.54) is 57.8 Å². The quantitative estimate of drug-likeness (QED) is 0.467. The Balaban J connectivity index is 3.30. The van der Waals surface area contributed by atoms with Crippen molar-refractivity contribution in [3.05, 3.63) is 0 Å². The molecule has 3 heteroatoms. The maximum Gasteiger partial charge on any atom is 0.237 e. The van der Waals surface area contributed by atoms with Gasteiger partial charge in [-0.25, -0.2) is 0 Å². The first-order chi connectivity index (χ1) is 10.1. The number of amides is 1. The molecule has 0 aliphatic rings. The Morgan fingerprint density at radius 2 is 1.38 bits per heavy atom. The fourth-order valence-corrected chi connectivity index (χ4v) is 2.45. The third-order valence-electron chi connectivity index (χ3n) is 4.39. The predicted octanol–water partition coefficient (Wildman–Crippen LogP) is 4.40. The molecule has 0 aliphatic carbocycles. The largest absolute Gasteiger partial charge is 0.355 e. The number of unbranched alkanes of at least 4 members (excludes halogenated alkanes) is 9. The van der Waals surface area contributed by atoms with Crippen LogP contribution in [0, 0.1) is 5.92 Å². The number of hydrogen-bond acceptors (Lipinski definition) is 2. The van der Waals surface area contributed by atoms with E-state index < -0.39 is 0 Å². The van der Waals surface area contributed by atoms with Gasteiger partial charge in [-0.3, -0.25) is 4.79 Å². The van der Waals surface area contributed by atoms with E-state index in [0.717, 1.165) is 19.4 Å². The highest BCUT2D eigenvalue weighted by Gasteiger charge is 2.18. The lowest BCUT2D eigenvalue weighted by molar-refractivity contribution is -0.123. The van der Waals surface area contributed by atoms with Crippen LogP contribution >= 0.6 is 0 Å². The van der Waals surface area contributed by atoms with Crippen LogP contribution in [0.3, 0.4) is 0 Å². The monoisotopic (exact) mass is 298 g/mol. The number of carbonyl (C=O) groups is 1. The first-order valence-electron chi connectivity index (χ1n) is 9.16. The highest BCUT2D eigenvalue weighted by atomic mass is 16.2. The van der Waals surface area contributed by atoms with E-state index in [-0.39, 0.29) is 17.9 Å². The van der Waals surface area contributed by atoms with Gasteiger partial charge in [0.1, 0.15) is 0 Å². The maximum absolute atomic E-state index is 11.8. The Kier molecular flexibility index (Phi) is 14.0. The summed E-state index contributed by atoms with van der Waals surface area (Å²) in [5.41, 5.74) is 5.89. The van der Waals surface area contributed by atoms with Gasteiger partial charge < -0.3 is 11.1 Å². The number of nitrogens with two attached hydrogens (primary N) is 1. The number of nitrogens with one attached hydrogen (secondary N) is 1. The molecule has 0 saturated heterocycles. The molecule has 0 aromatic carbocycles. The second kappa shape index (κ2) is 14.4. The molecular formula is C18H38N2O. The van der Waals surface area contributed by atoms with E-state index in [1.807, 2.05) is 6.92 Å². The van der Waals surface area contributed by atoms with Crippen molar-refractivity contribution in [2.24, 2.45) is 11.7 Å². The summed E-state index contributed by atoms with van der Waals surface area (Å²) in [5, 5.41) is 2.96.